The van der Waals surface area contributed by atoms with Crippen molar-refractivity contribution >= 4 is 18.4 Å². The largest absolute Gasteiger partial charge is 0.469 e. The smallest absolute Gasteiger partial charge is 0.310 e. The van der Waals surface area contributed by atoms with Crippen molar-refractivity contribution in [3.05, 3.63) is 35.9 Å². The molecule has 2 heterocycles. The molecule has 1 aromatic rings. The van der Waals surface area contributed by atoms with Crippen LogP contribution < -0.4 is 0 Å². The van der Waals surface area contributed by atoms with E-state index in [-0.39, 0.29) is 24.3 Å². The van der Waals surface area contributed by atoms with Crippen LogP contribution in [0.2, 0.25) is 0 Å². The van der Waals surface area contributed by atoms with Gasteiger partial charge in [-0.25, -0.2) is 0 Å². The maximum atomic E-state index is 12.2. The van der Waals surface area contributed by atoms with Crippen LogP contribution in [0, 0.1) is 5.92 Å². The van der Waals surface area contributed by atoms with Crippen molar-refractivity contribution in [2.75, 3.05) is 14.2 Å². The third-order valence-electron chi connectivity index (χ3n) is 4.97. The number of esters is 1. The molecule has 2 aliphatic rings. The standard InChI is InChI=1S/C16H21NO2.ClH/c1-17-12-8-9-14(17)15(16(18)19-2)13(10-12)11-6-4-3-5-7-11;/h3-7,12-15H,8-10H2,1-2H3;1H/t12-,13+,14+,15-;/m0./s1. The first-order valence-corrected chi connectivity index (χ1v) is 7.07. The average Bonchev–Trinajstić information content (AvgIpc) is 2.70. The van der Waals surface area contributed by atoms with Gasteiger partial charge in [-0.2, -0.15) is 0 Å². The fraction of sp³-hybridized carbons (Fsp3) is 0.562. The van der Waals surface area contributed by atoms with Gasteiger partial charge in [0, 0.05) is 18.0 Å². The van der Waals surface area contributed by atoms with E-state index in [0.717, 1.165) is 12.8 Å². The van der Waals surface area contributed by atoms with Gasteiger partial charge in [-0.1, -0.05) is 30.3 Å². The fourth-order valence-corrected chi connectivity index (χ4v) is 3.97. The number of piperidine rings is 1. The molecule has 0 unspecified atom stereocenters. The molecule has 110 valence electrons. The van der Waals surface area contributed by atoms with Crippen molar-refractivity contribution < 1.29 is 9.53 Å². The van der Waals surface area contributed by atoms with Gasteiger partial charge >= 0.3 is 5.97 Å². The van der Waals surface area contributed by atoms with Gasteiger partial charge in [0.25, 0.3) is 0 Å². The van der Waals surface area contributed by atoms with Crippen molar-refractivity contribution in [2.24, 2.45) is 5.92 Å². The molecule has 0 aromatic heterocycles. The number of hydrogen-bond acceptors (Lipinski definition) is 3. The third kappa shape index (κ3) is 2.45. The van der Waals surface area contributed by atoms with E-state index in [1.165, 1.54) is 19.1 Å². The van der Waals surface area contributed by atoms with Gasteiger partial charge in [0.2, 0.25) is 0 Å². The van der Waals surface area contributed by atoms with E-state index in [4.69, 9.17) is 4.74 Å². The lowest BCUT2D eigenvalue weighted by molar-refractivity contribution is -0.150. The predicted molar refractivity (Wildman–Crippen MR) is 81.1 cm³/mol. The van der Waals surface area contributed by atoms with E-state index in [1.54, 1.807) is 0 Å². The summed E-state index contributed by atoms with van der Waals surface area (Å²) in [4.78, 5) is 14.6. The van der Waals surface area contributed by atoms with Crippen LogP contribution in [0.5, 0.6) is 0 Å². The first kappa shape index (κ1) is 15.3. The Kier molecular flexibility index (Phi) is 4.71. The zero-order valence-corrected chi connectivity index (χ0v) is 12.8. The molecule has 3 rings (SSSR count). The summed E-state index contributed by atoms with van der Waals surface area (Å²) in [5, 5.41) is 0. The van der Waals surface area contributed by atoms with E-state index >= 15 is 0 Å². The van der Waals surface area contributed by atoms with Gasteiger partial charge in [0.1, 0.15) is 0 Å². The number of rotatable bonds is 2. The zero-order valence-electron chi connectivity index (χ0n) is 12.0. The molecule has 1 aromatic carbocycles. The van der Waals surface area contributed by atoms with Gasteiger partial charge in [0.05, 0.1) is 13.0 Å². The molecule has 4 heteroatoms. The summed E-state index contributed by atoms with van der Waals surface area (Å²) >= 11 is 0. The lowest BCUT2D eigenvalue weighted by Gasteiger charge is -2.41. The van der Waals surface area contributed by atoms with Crippen LogP contribution in [-0.4, -0.2) is 37.1 Å². The van der Waals surface area contributed by atoms with Crippen LogP contribution in [-0.2, 0) is 9.53 Å². The molecule has 2 fully saturated rings. The highest BCUT2D eigenvalue weighted by molar-refractivity contribution is 5.85. The highest BCUT2D eigenvalue weighted by Crippen LogP contribution is 2.46. The van der Waals surface area contributed by atoms with Crippen LogP contribution in [0.15, 0.2) is 30.3 Å². The fourth-order valence-electron chi connectivity index (χ4n) is 3.97. The number of ether oxygens (including phenoxy) is 1. The molecule has 2 aliphatic heterocycles. The molecule has 4 atom stereocenters. The minimum atomic E-state index is -0.0500. The van der Waals surface area contributed by atoms with Crippen molar-refractivity contribution in [1.82, 2.24) is 4.90 Å². The molecule has 0 N–H and O–H groups in total. The number of fused-ring (bicyclic) bond motifs is 2. The van der Waals surface area contributed by atoms with Gasteiger partial charge in [-0.05, 0) is 31.9 Å². The minimum absolute atomic E-state index is 0. The van der Waals surface area contributed by atoms with Gasteiger partial charge in [-0.15, -0.1) is 12.4 Å². The summed E-state index contributed by atoms with van der Waals surface area (Å²) in [5.74, 6) is 0.240. The van der Waals surface area contributed by atoms with Crippen molar-refractivity contribution in [3.8, 4) is 0 Å². The van der Waals surface area contributed by atoms with E-state index in [1.807, 2.05) is 6.07 Å². The second-order valence-corrected chi connectivity index (χ2v) is 5.77. The number of methoxy groups -OCH3 is 1. The first-order valence-electron chi connectivity index (χ1n) is 7.07. The summed E-state index contributed by atoms with van der Waals surface area (Å²) in [6, 6.07) is 11.4. The number of carbonyl (C=O) groups excluding carboxylic acids is 1. The van der Waals surface area contributed by atoms with Crippen LogP contribution in [0.1, 0.15) is 30.7 Å². The predicted octanol–water partition coefficient (Wildman–Crippen LogP) is 2.85. The SMILES string of the molecule is COC(=O)[C@H]1[C@@H](c2ccccc2)C[C@@H]2CC[C@H]1N2C.Cl. The number of hydrogen-bond donors (Lipinski definition) is 0. The molecule has 3 nitrogen and oxygen atoms in total. The van der Waals surface area contributed by atoms with Crippen molar-refractivity contribution in [2.45, 2.75) is 37.3 Å². The Morgan fingerprint density at radius 3 is 2.60 bits per heavy atom. The van der Waals surface area contributed by atoms with E-state index in [2.05, 4.69) is 36.2 Å². The second kappa shape index (κ2) is 6.15. The van der Waals surface area contributed by atoms with Crippen LogP contribution in [0.3, 0.4) is 0 Å². The van der Waals surface area contributed by atoms with E-state index in [0.29, 0.717) is 18.0 Å². The average molecular weight is 296 g/mol. The third-order valence-corrected chi connectivity index (χ3v) is 4.97. The normalized spacial score (nSPS) is 32.5. The Hall–Kier alpha value is -1.06. The first-order chi connectivity index (χ1) is 9.22. The van der Waals surface area contributed by atoms with Gasteiger partial charge in [0.15, 0.2) is 0 Å². The number of benzene rings is 1. The van der Waals surface area contributed by atoms with E-state index in [9.17, 15) is 4.79 Å². The molecule has 0 radical (unpaired) electrons. The van der Waals surface area contributed by atoms with Crippen LogP contribution >= 0.6 is 12.4 Å². The molecule has 20 heavy (non-hydrogen) atoms. The van der Waals surface area contributed by atoms with E-state index < -0.39 is 0 Å². The summed E-state index contributed by atoms with van der Waals surface area (Å²) in [7, 11) is 3.66. The Labute approximate surface area is 126 Å². The Morgan fingerprint density at radius 2 is 1.95 bits per heavy atom. The molecular weight excluding hydrogens is 274 g/mol. The topological polar surface area (TPSA) is 29.5 Å². The number of nitrogens with zero attached hydrogens (tertiary/aromatic N) is 1. The quantitative estimate of drug-likeness (QED) is 0.786. The van der Waals surface area contributed by atoms with Crippen molar-refractivity contribution in [3.63, 3.8) is 0 Å². The summed E-state index contributed by atoms with van der Waals surface area (Å²) < 4.78 is 5.07. The maximum Gasteiger partial charge on any atom is 0.310 e. The molecule has 2 bridgehead atoms. The Bertz CT molecular complexity index is 465. The summed E-state index contributed by atoms with van der Waals surface area (Å²) in [6.07, 6.45) is 3.39. The second-order valence-electron chi connectivity index (χ2n) is 5.77. The summed E-state index contributed by atoms with van der Waals surface area (Å²) in [6.45, 7) is 0. The Balaban J connectivity index is 0.00000147. The molecule has 0 amide bonds. The lowest BCUT2D eigenvalue weighted by Crippen LogP contribution is -2.49. The van der Waals surface area contributed by atoms with Crippen LogP contribution in [0.25, 0.3) is 0 Å². The number of halogens is 1. The maximum absolute atomic E-state index is 12.2. The molecule has 0 spiro atoms. The van der Waals surface area contributed by atoms with Gasteiger partial charge in [-0.3, -0.25) is 9.69 Å². The van der Waals surface area contributed by atoms with Gasteiger partial charge < -0.3 is 4.74 Å². The molecule has 0 saturated carbocycles. The highest BCUT2D eigenvalue weighted by atomic mass is 35.5. The molecule has 2 saturated heterocycles. The minimum Gasteiger partial charge on any atom is -0.469 e. The zero-order chi connectivity index (χ0) is 13.4. The Morgan fingerprint density at radius 1 is 1.25 bits per heavy atom. The van der Waals surface area contributed by atoms with Crippen molar-refractivity contribution in [1.29, 1.82) is 0 Å². The highest BCUT2D eigenvalue weighted by Gasteiger charge is 2.49. The molecular formula is C16H22ClNO2. The van der Waals surface area contributed by atoms with Crippen LogP contribution in [0.4, 0.5) is 0 Å². The lowest BCUT2D eigenvalue weighted by atomic mass is 9.76. The summed E-state index contributed by atoms with van der Waals surface area (Å²) in [5.41, 5.74) is 1.28. The number of carbonyl (C=O) groups is 1. The monoisotopic (exact) mass is 295 g/mol. The molecule has 0 aliphatic carbocycles.